The van der Waals surface area contributed by atoms with Crippen molar-refractivity contribution < 1.29 is 13.2 Å². The molecule has 90 valence electrons. The standard InChI is InChI=1S/C10H19F3N2/c1-15(6-5-10(11,12)13)8-9(7-14)3-2-4-9/h2-8,14H2,1H3. The van der Waals surface area contributed by atoms with Crippen LogP contribution in [0, 0.1) is 5.41 Å². The van der Waals surface area contributed by atoms with Crippen LogP contribution in [0.4, 0.5) is 13.2 Å². The molecule has 0 aromatic carbocycles. The molecule has 0 spiro atoms. The van der Waals surface area contributed by atoms with Gasteiger partial charge in [0.05, 0.1) is 6.42 Å². The Balaban J connectivity index is 2.26. The van der Waals surface area contributed by atoms with Crippen LogP contribution in [0.25, 0.3) is 0 Å². The largest absolute Gasteiger partial charge is 0.390 e. The lowest BCUT2D eigenvalue weighted by Crippen LogP contribution is -2.46. The van der Waals surface area contributed by atoms with Gasteiger partial charge in [0, 0.05) is 13.1 Å². The van der Waals surface area contributed by atoms with Crippen molar-refractivity contribution in [3.05, 3.63) is 0 Å². The Hall–Kier alpha value is -0.290. The number of halogens is 3. The average Bonchev–Trinajstić information content (AvgIpc) is 2.07. The first-order valence-electron chi connectivity index (χ1n) is 5.32. The van der Waals surface area contributed by atoms with Crippen LogP contribution in [-0.2, 0) is 0 Å². The van der Waals surface area contributed by atoms with Crippen molar-refractivity contribution in [1.82, 2.24) is 4.90 Å². The minimum absolute atomic E-state index is 0.0747. The summed E-state index contributed by atoms with van der Waals surface area (Å²) in [4.78, 5) is 1.75. The molecule has 1 aliphatic rings. The van der Waals surface area contributed by atoms with E-state index in [1.54, 1.807) is 11.9 Å². The Kier molecular flexibility index (Phi) is 4.00. The Labute approximate surface area is 88.6 Å². The summed E-state index contributed by atoms with van der Waals surface area (Å²) >= 11 is 0. The van der Waals surface area contributed by atoms with E-state index in [1.165, 1.54) is 0 Å². The summed E-state index contributed by atoms with van der Waals surface area (Å²) in [7, 11) is 1.74. The summed E-state index contributed by atoms with van der Waals surface area (Å²) in [6.45, 7) is 1.36. The molecular weight excluding hydrogens is 205 g/mol. The van der Waals surface area contributed by atoms with Crippen molar-refractivity contribution in [2.24, 2.45) is 11.1 Å². The first-order chi connectivity index (χ1) is 6.87. The molecule has 0 radical (unpaired) electrons. The van der Waals surface area contributed by atoms with Crippen molar-refractivity contribution in [2.45, 2.75) is 31.9 Å². The molecule has 1 saturated carbocycles. The molecular formula is C10H19F3N2. The number of nitrogens with two attached hydrogens (primary N) is 1. The monoisotopic (exact) mass is 224 g/mol. The Morgan fingerprint density at radius 1 is 1.33 bits per heavy atom. The summed E-state index contributed by atoms with van der Waals surface area (Å²) in [5.41, 5.74) is 5.75. The molecule has 15 heavy (non-hydrogen) atoms. The van der Waals surface area contributed by atoms with Crippen LogP contribution in [0.3, 0.4) is 0 Å². The zero-order valence-electron chi connectivity index (χ0n) is 9.11. The van der Waals surface area contributed by atoms with Crippen LogP contribution in [0.5, 0.6) is 0 Å². The molecule has 2 N–H and O–H groups in total. The van der Waals surface area contributed by atoms with Crippen molar-refractivity contribution in [1.29, 1.82) is 0 Å². The van der Waals surface area contributed by atoms with Crippen LogP contribution in [0.15, 0.2) is 0 Å². The van der Waals surface area contributed by atoms with Gasteiger partial charge in [0.15, 0.2) is 0 Å². The van der Waals surface area contributed by atoms with Crippen LogP contribution < -0.4 is 5.73 Å². The fourth-order valence-corrected chi connectivity index (χ4v) is 2.07. The molecule has 0 amide bonds. The summed E-state index contributed by atoms with van der Waals surface area (Å²) in [5.74, 6) is 0. The SMILES string of the molecule is CN(CCC(F)(F)F)CC1(CN)CCC1. The molecule has 2 nitrogen and oxygen atoms in total. The average molecular weight is 224 g/mol. The van der Waals surface area contributed by atoms with Crippen molar-refractivity contribution in [3.8, 4) is 0 Å². The third-order valence-electron chi connectivity index (χ3n) is 3.23. The Morgan fingerprint density at radius 3 is 2.27 bits per heavy atom. The fraction of sp³-hybridized carbons (Fsp3) is 1.00. The summed E-state index contributed by atoms with van der Waals surface area (Å²) < 4.78 is 35.9. The summed E-state index contributed by atoms with van der Waals surface area (Å²) in [5, 5.41) is 0. The number of alkyl halides is 3. The number of rotatable bonds is 5. The van der Waals surface area contributed by atoms with Crippen LogP contribution >= 0.6 is 0 Å². The third-order valence-corrected chi connectivity index (χ3v) is 3.23. The van der Waals surface area contributed by atoms with Gasteiger partial charge < -0.3 is 10.6 Å². The second-order valence-corrected chi connectivity index (χ2v) is 4.66. The number of hydrogen-bond donors (Lipinski definition) is 1. The van der Waals surface area contributed by atoms with E-state index < -0.39 is 12.6 Å². The van der Waals surface area contributed by atoms with Gasteiger partial charge in [0.25, 0.3) is 0 Å². The highest BCUT2D eigenvalue weighted by Crippen LogP contribution is 2.40. The minimum Gasteiger partial charge on any atom is -0.330 e. The lowest BCUT2D eigenvalue weighted by Gasteiger charge is -2.43. The summed E-state index contributed by atoms with van der Waals surface area (Å²) in [6, 6.07) is 0. The van der Waals surface area contributed by atoms with Gasteiger partial charge in [0.2, 0.25) is 0 Å². The highest BCUT2D eigenvalue weighted by atomic mass is 19.4. The van der Waals surface area contributed by atoms with Gasteiger partial charge in [-0.15, -0.1) is 0 Å². The highest BCUT2D eigenvalue weighted by molar-refractivity contribution is 4.90. The van der Waals surface area contributed by atoms with E-state index in [-0.39, 0.29) is 12.0 Å². The molecule has 0 heterocycles. The zero-order valence-corrected chi connectivity index (χ0v) is 9.11. The molecule has 0 unspecified atom stereocenters. The first-order valence-corrected chi connectivity index (χ1v) is 5.32. The Bertz CT molecular complexity index is 194. The lowest BCUT2D eigenvalue weighted by molar-refractivity contribution is -0.138. The predicted octanol–water partition coefficient (Wildman–Crippen LogP) is 2.00. The highest BCUT2D eigenvalue weighted by Gasteiger charge is 2.37. The van der Waals surface area contributed by atoms with E-state index in [1.807, 2.05) is 0 Å². The van der Waals surface area contributed by atoms with E-state index in [2.05, 4.69) is 0 Å². The fourth-order valence-electron chi connectivity index (χ4n) is 2.07. The third kappa shape index (κ3) is 3.99. The van der Waals surface area contributed by atoms with Gasteiger partial charge in [-0.1, -0.05) is 6.42 Å². The van der Waals surface area contributed by atoms with Gasteiger partial charge in [-0.2, -0.15) is 13.2 Å². The topological polar surface area (TPSA) is 29.3 Å². The summed E-state index contributed by atoms with van der Waals surface area (Å²) in [6.07, 6.45) is -1.52. The molecule has 0 aliphatic heterocycles. The maximum Gasteiger partial charge on any atom is 0.390 e. The molecule has 1 rings (SSSR count). The van der Waals surface area contributed by atoms with E-state index in [0.29, 0.717) is 13.1 Å². The molecule has 0 aromatic heterocycles. The smallest absolute Gasteiger partial charge is 0.330 e. The maximum absolute atomic E-state index is 12.0. The molecule has 0 aromatic rings. The molecule has 5 heteroatoms. The molecule has 0 bridgehead atoms. The van der Waals surface area contributed by atoms with E-state index in [9.17, 15) is 13.2 Å². The maximum atomic E-state index is 12.0. The second-order valence-electron chi connectivity index (χ2n) is 4.66. The van der Waals surface area contributed by atoms with E-state index >= 15 is 0 Å². The van der Waals surface area contributed by atoms with Crippen LogP contribution in [0.1, 0.15) is 25.7 Å². The predicted molar refractivity (Wildman–Crippen MR) is 53.5 cm³/mol. The Morgan fingerprint density at radius 2 is 1.93 bits per heavy atom. The molecule has 0 saturated heterocycles. The van der Waals surface area contributed by atoms with E-state index in [4.69, 9.17) is 5.73 Å². The quantitative estimate of drug-likeness (QED) is 0.774. The van der Waals surface area contributed by atoms with Crippen molar-refractivity contribution in [2.75, 3.05) is 26.7 Å². The van der Waals surface area contributed by atoms with Crippen LogP contribution in [-0.4, -0.2) is 37.8 Å². The molecule has 0 atom stereocenters. The van der Waals surface area contributed by atoms with Crippen molar-refractivity contribution in [3.63, 3.8) is 0 Å². The minimum atomic E-state index is -4.05. The number of hydrogen-bond acceptors (Lipinski definition) is 2. The number of nitrogens with zero attached hydrogens (tertiary/aromatic N) is 1. The molecule has 1 fully saturated rings. The van der Waals surface area contributed by atoms with Gasteiger partial charge in [0.1, 0.15) is 0 Å². The normalized spacial score (nSPS) is 20.4. The second kappa shape index (κ2) is 4.70. The first kappa shape index (κ1) is 12.8. The van der Waals surface area contributed by atoms with Crippen molar-refractivity contribution >= 4 is 0 Å². The van der Waals surface area contributed by atoms with Gasteiger partial charge in [-0.3, -0.25) is 0 Å². The van der Waals surface area contributed by atoms with Gasteiger partial charge in [-0.25, -0.2) is 0 Å². The molecule has 1 aliphatic carbocycles. The van der Waals surface area contributed by atoms with Gasteiger partial charge >= 0.3 is 6.18 Å². The van der Waals surface area contributed by atoms with E-state index in [0.717, 1.165) is 19.3 Å². The van der Waals surface area contributed by atoms with Crippen LogP contribution in [0.2, 0.25) is 0 Å². The zero-order chi connectivity index (χ0) is 11.5. The van der Waals surface area contributed by atoms with Gasteiger partial charge in [-0.05, 0) is 31.8 Å². The lowest BCUT2D eigenvalue weighted by atomic mass is 9.68.